The molecule has 0 aliphatic carbocycles. The van der Waals surface area contributed by atoms with Gasteiger partial charge in [-0.25, -0.2) is 4.39 Å². The van der Waals surface area contributed by atoms with Crippen LogP contribution in [0.2, 0.25) is 0 Å². The molecule has 4 amide bonds. The number of hydrogen-bond donors (Lipinski definition) is 2. The second-order valence-corrected chi connectivity index (χ2v) is 18.8. The van der Waals surface area contributed by atoms with Gasteiger partial charge in [-0.15, -0.1) is 0 Å². The molecule has 4 N–H and O–H groups in total. The molecule has 0 bridgehead atoms. The normalized spacial score (nSPS) is 19.2. The van der Waals surface area contributed by atoms with Crippen molar-refractivity contribution in [3.05, 3.63) is 173 Å². The van der Waals surface area contributed by atoms with E-state index in [2.05, 4.69) is 42.4 Å². The van der Waals surface area contributed by atoms with Gasteiger partial charge in [-0.05, 0) is 124 Å². The summed E-state index contributed by atoms with van der Waals surface area (Å²) in [6, 6.07) is 40.2. The van der Waals surface area contributed by atoms with Crippen LogP contribution < -0.4 is 16.4 Å². The van der Waals surface area contributed by atoms with Crippen molar-refractivity contribution < 1.29 is 23.6 Å². The summed E-state index contributed by atoms with van der Waals surface area (Å²) in [5.41, 5.74) is 15.7. The summed E-state index contributed by atoms with van der Waals surface area (Å²) < 4.78 is 14.3. The van der Waals surface area contributed by atoms with E-state index in [-0.39, 0.29) is 29.7 Å². The first-order chi connectivity index (χ1) is 32.7. The number of halogens is 1. The molecule has 4 atom stereocenters. The molecule has 68 heavy (non-hydrogen) atoms. The number of nitrogens with zero attached hydrogens (tertiary/aromatic N) is 5. The minimum Gasteiger partial charge on any atom is -0.367 e. The molecule has 0 aromatic heterocycles. The number of nitrogens with two attached hydrogens (primary N) is 2. The van der Waals surface area contributed by atoms with E-state index < -0.39 is 35.0 Å². The summed E-state index contributed by atoms with van der Waals surface area (Å²) in [5, 5.41) is 0. The molecule has 5 aromatic carbocycles. The van der Waals surface area contributed by atoms with Gasteiger partial charge in [0.25, 0.3) is 0 Å². The molecule has 7 rings (SSSR count). The van der Waals surface area contributed by atoms with Crippen molar-refractivity contribution in [2.45, 2.75) is 116 Å². The summed E-state index contributed by atoms with van der Waals surface area (Å²) >= 11 is 0. The fourth-order valence-electron chi connectivity index (χ4n) is 10.9. The molecule has 11 nitrogen and oxygen atoms in total. The zero-order valence-corrected chi connectivity index (χ0v) is 40.5. The van der Waals surface area contributed by atoms with Gasteiger partial charge in [-0.1, -0.05) is 123 Å². The van der Waals surface area contributed by atoms with E-state index >= 15 is 0 Å². The average molecular weight is 922 g/mol. The van der Waals surface area contributed by atoms with Gasteiger partial charge < -0.3 is 26.2 Å². The Kier molecular flexibility index (Phi) is 15.5. The first-order valence-corrected chi connectivity index (χ1v) is 24.2. The molecule has 0 saturated carbocycles. The van der Waals surface area contributed by atoms with E-state index in [4.69, 9.17) is 11.5 Å². The van der Waals surface area contributed by atoms with Crippen molar-refractivity contribution in [3.8, 4) is 0 Å². The van der Waals surface area contributed by atoms with Crippen LogP contribution in [0, 0.1) is 5.82 Å². The molecule has 0 spiro atoms. The third-order valence-electron chi connectivity index (χ3n) is 14.3. The Morgan fingerprint density at radius 1 is 0.559 bits per heavy atom. The molecule has 2 aliphatic rings. The van der Waals surface area contributed by atoms with E-state index in [9.17, 15) is 23.6 Å². The number of primary amides is 2. The monoisotopic (exact) mass is 922 g/mol. The molecule has 2 fully saturated rings. The maximum absolute atomic E-state index is 14.8. The predicted octanol–water partition coefficient (Wildman–Crippen LogP) is 8.58. The zero-order chi connectivity index (χ0) is 48.8. The Morgan fingerprint density at radius 3 is 1.25 bits per heavy atom. The number of amides is 4. The number of likely N-dealkylation sites (N-methyl/N-ethyl adjacent to an activating group) is 2. The first kappa shape index (κ1) is 49.5. The zero-order valence-electron chi connectivity index (χ0n) is 40.5. The third-order valence-corrected chi connectivity index (χ3v) is 14.3. The van der Waals surface area contributed by atoms with Crippen LogP contribution in [0.4, 0.5) is 10.1 Å². The maximum Gasteiger partial charge on any atom is 0.248 e. The molecule has 2 heterocycles. The number of carbonyl (C=O) groups is 4. The van der Waals surface area contributed by atoms with Crippen LogP contribution in [0.25, 0.3) is 0 Å². The highest BCUT2D eigenvalue weighted by Gasteiger charge is 2.53. The lowest BCUT2D eigenvalue weighted by molar-refractivity contribution is -0.149. The lowest BCUT2D eigenvalue weighted by Gasteiger charge is -2.42. The molecule has 2 aliphatic heterocycles. The van der Waals surface area contributed by atoms with Crippen LogP contribution in [-0.2, 0) is 43.3 Å². The van der Waals surface area contributed by atoms with Crippen LogP contribution in [-0.4, -0.2) is 81.5 Å². The van der Waals surface area contributed by atoms with Gasteiger partial charge in [0, 0.05) is 44.0 Å². The molecule has 2 unspecified atom stereocenters. The molecule has 2 saturated heterocycles. The highest BCUT2D eigenvalue weighted by molar-refractivity contribution is 5.95. The summed E-state index contributed by atoms with van der Waals surface area (Å²) in [7, 11) is 0. The van der Waals surface area contributed by atoms with Crippen molar-refractivity contribution in [2.24, 2.45) is 11.5 Å². The van der Waals surface area contributed by atoms with Crippen LogP contribution in [0.5, 0.6) is 0 Å². The number of anilines is 1. The summed E-state index contributed by atoms with van der Waals surface area (Å²) in [4.78, 5) is 67.0. The fourth-order valence-corrected chi connectivity index (χ4v) is 10.9. The second kappa shape index (κ2) is 21.3. The largest absolute Gasteiger partial charge is 0.367 e. The van der Waals surface area contributed by atoms with E-state index in [1.807, 2.05) is 123 Å². The number of rotatable bonds is 19. The number of carbonyl (C=O) groups excluding carboxylic acids is 4. The van der Waals surface area contributed by atoms with Crippen molar-refractivity contribution in [1.29, 1.82) is 0 Å². The molecule has 358 valence electrons. The predicted molar refractivity (Wildman–Crippen MR) is 266 cm³/mol. The lowest BCUT2D eigenvalue weighted by atomic mass is 9.85. The molecule has 0 radical (unpaired) electrons. The lowest BCUT2D eigenvalue weighted by Crippen LogP contribution is -2.56. The SMILES string of the molecule is CCN(C(C)C)[C@@H](C(=O)N1CCCC1(C(N)=O)c1ccc(CN(Cc2ccc(C3(C(N)=O)CCCN3C(=O)[C@@H](c3ccccc3)N(CC)C(C)C)cc2)c2ccc(F)cc2)cc1)c1ccccc1. The van der Waals surface area contributed by atoms with Gasteiger partial charge >= 0.3 is 0 Å². The Labute approximate surface area is 401 Å². The van der Waals surface area contributed by atoms with Crippen molar-refractivity contribution in [2.75, 3.05) is 31.1 Å². The molecule has 5 aromatic rings. The quantitative estimate of drug-likeness (QED) is 0.0847. The minimum absolute atomic E-state index is 0.0705. The van der Waals surface area contributed by atoms with Crippen LogP contribution >= 0.6 is 0 Å². The van der Waals surface area contributed by atoms with Gasteiger partial charge in [0.1, 0.15) is 29.0 Å². The number of benzene rings is 5. The first-order valence-electron chi connectivity index (χ1n) is 24.2. The Hall–Kier alpha value is -6.37. The summed E-state index contributed by atoms with van der Waals surface area (Å²) in [6.45, 7) is 15.3. The van der Waals surface area contributed by atoms with Crippen molar-refractivity contribution >= 4 is 29.3 Å². The Morgan fingerprint density at radius 2 is 0.926 bits per heavy atom. The van der Waals surface area contributed by atoms with Gasteiger partial charge in [-0.3, -0.25) is 29.0 Å². The van der Waals surface area contributed by atoms with E-state index in [0.717, 1.165) is 27.9 Å². The van der Waals surface area contributed by atoms with Crippen molar-refractivity contribution in [1.82, 2.24) is 19.6 Å². The highest BCUT2D eigenvalue weighted by atomic mass is 19.1. The standard InChI is InChI=1S/C56H68FN7O4/c1-7-61(39(3)4)49(43-17-11-9-12-18-43)51(65)63-35-15-33-55(63,53(58)67)45-25-21-41(22-26-45)37-60(48-31-29-47(57)30-32-48)38-42-23-27-46(28-24-42)56(54(59)68)34-16-36-64(56)52(66)50(62(8-2)40(5)6)44-19-13-10-14-20-44/h9-14,17-32,39-40,49-50H,7-8,15-16,33-38H2,1-6H3,(H2,58,67)(H2,59,68)/t49-,50-,55?,56?/m1/s1. The minimum atomic E-state index is -1.33. The summed E-state index contributed by atoms with van der Waals surface area (Å²) in [6.07, 6.45) is 2.07. The van der Waals surface area contributed by atoms with Gasteiger partial charge in [0.15, 0.2) is 0 Å². The average Bonchev–Trinajstić information content (AvgIpc) is 4.01. The Balaban J connectivity index is 1.16. The van der Waals surface area contributed by atoms with Crippen molar-refractivity contribution in [3.63, 3.8) is 0 Å². The number of likely N-dealkylation sites (tertiary alicyclic amines) is 2. The van der Waals surface area contributed by atoms with E-state index in [1.165, 1.54) is 12.1 Å². The highest BCUT2D eigenvalue weighted by Crippen LogP contribution is 2.44. The van der Waals surface area contributed by atoms with Crippen LogP contribution in [0.15, 0.2) is 133 Å². The smallest absolute Gasteiger partial charge is 0.248 e. The van der Waals surface area contributed by atoms with E-state index in [0.29, 0.717) is 76.1 Å². The summed E-state index contributed by atoms with van der Waals surface area (Å²) in [5.74, 6) is -1.79. The van der Waals surface area contributed by atoms with Crippen LogP contribution in [0.3, 0.4) is 0 Å². The fraction of sp³-hybridized carbons (Fsp3) is 0.393. The Bertz CT molecular complexity index is 2350. The van der Waals surface area contributed by atoms with Gasteiger partial charge in [0.05, 0.1) is 0 Å². The van der Waals surface area contributed by atoms with Gasteiger partial charge in [-0.2, -0.15) is 0 Å². The molecule has 12 heteroatoms. The second-order valence-electron chi connectivity index (χ2n) is 18.8. The number of hydrogen-bond acceptors (Lipinski definition) is 7. The molecular formula is C56H68FN7O4. The topological polar surface area (TPSA) is 137 Å². The van der Waals surface area contributed by atoms with Crippen LogP contribution in [0.1, 0.15) is 113 Å². The van der Waals surface area contributed by atoms with Gasteiger partial charge in [0.2, 0.25) is 23.6 Å². The molecular weight excluding hydrogens is 854 g/mol. The van der Waals surface area contributed by atoms with E-state index in [1.54, 1.807) is 21.9 Å². The third kappa shape index (κ3) is 9.67. The maximum atomic E-state index is 14.8.